The number of methoxy groups -OCH3 is 1. The number of rotatable bonds is 8. The molecule has 0 aliphatic rings. The molecule has 7 heteroatoms. The molecule has 0 aliphatic heterocycles. The Morgan fingerprint density at radius 2 is 1.47 bits per heavy atom. The molecule has 4 aromatic carbocycles. The van der Waals surface area contributed by atoms with E-state index in [0.717, 1.165) is 68.0 Å². The molecule has 0 bridgehead atoms. The van der Waals surface area contributed by atoms with Crippen LogP contribution in [-0.4, -0.2) is 31.4 Å². The zero-order valence-electron chi connectivity index (χ0n) is 27.9. The molecule has 0 amide bonds. The Kier molecular flexibility index (Phi) is 7.65. The van der Waals surface area contributed by atoms with Crippen molar-refractivity contribution in [1.29, 1.82) is 0 Å². The molecular weight excluding hydrogens is 606 g/mol. The van der Waals surface area contributed by atoms with Gasteiger partial charge in [-0.05, 0) is 91.6 Å². The van der Waals surface area contributed by atoms with Crippen LogP contribution in [0.15, 0.2) is 128 Å². The van der Waals surface area contributed by atoms with Crippen LogP contribution in [0.3, 0.4) is 0 Å². The minimum Gasteiger partial charge on any atom is -0.479 e. The van der Waals surface area contributed by atoms with Crippen LogP contribution in [0.1, 0.15) is 23.6 Å². The van der Waals surface area contributed by atoms with Crippen molar-refractivity contribution in [3.8, 4) is 51.3 Å². The van der Waals surface area contributed by atoms with Crippen LogP contribution in [0.5, 0.6) is 17.4 Å². The molecule has 0 N–H and O–H groups in total. The first-order valence-corrected chi connectivity index (χ1v) is 16.4. The maximum absolute atomic E-state index is 6.65. The summed E-state index contributed by atoms with van der Waals surface area (Å²) < 4.78 is 16.7. The normalized spacial score (nSPS) is 11.3. The minimum atomic E-state index is 0.540. The second kappa shape index (κ2) is 12.4. The molecule has 4 aromatic heterocycles. The highest BCUT2D eigenvalue weighted by molar-refractivity contribution is 6.09. The minimum absolute atomic E-state index is 0.540. The van der Waals surface area contributed by atoms with Crippen molar-refractivity contribution in [2.24, 2.45) is 0 Å². The molecule has 0 saturated carbocycles. The first-order valence-electron chi connectivity index (χ1n) is 16.4. The van der Waals surface area contributed by atoms with E-state index in [2.05, 4.69) is 109 Å². The standard InChI is InChI=1S/C42H35N5O2/c1-5-29-16-21-44-39(24-29)46-37-9-7-6-8-35(37)36-15-14-33(26-38(36)46)49-34-23-28(3)22-32(25-34)47-41(31-17-19-43-20-18-31)40(42(45-47)48-4)30-12-10-27(2)11-13-30/h6-26H,5H2,1-4H3. The lowest BCUT2D eigenvalue weighted by Crippen LogP contribution is -2.01. The summed E-state index contributed by atoms with van der Waals surface area (Å²) in [5.74, 6) is 2.86. The molecule has 0 saturated heterocycles. The Morgan fingerprint density at radius 1 is 0.673 bits per heavy atom. The highest BCUT2D eigenvalue weighted by atomic mass is 16.5. The molecule has 0 atom stereocenters. The Bertz CT molecular complexity index is 2460. The van der Waals surface area contributed by atoms with Gasteiger partial charge >= 0.3 is 0 Å². The van der Waals surface area contributed by atoms with Crippen LogP contribution in [0.4, 0.5) is 0 Å². The number of para-hydroxylation sites is 1. The van der Waals surface area contributed by atoms with Gasteiger partial charge in [-0.2, -0.15) is 0 Å². The summed E-state index contributed by atoms with van der Waals surface area (Å²) in [4.78, 5) is 9.05. The SMILES string of the molecule is CCc1ccnc(-n2c3ccccc3c3ccc(Oc4cc(C)cc(-n5nc(OC)c(-c6ccc(C)cc6)c5-c5ccncc5)c4)cc32)c1. The lowest BCUT2D eigenvalue weighted by Gasteiger charge is -2.14. The fourth-order valence-corrected chi connectivity index (χ4v) is 6.59. The van der Waals surface area contributed by atoms with Gasteiger partial charge in [-0.25, -0.2) is 9.67 Å². The first kappa shape index (κ1) is 30.1. The molecule has 49 heavy (non-hydrogen) atoms. The molecule has 8 aromatic rings. The zero-order chi connectivity index (χ0) is 33.5. The summed E-state index contributed by atoms with van der Waals surface area (Å²) in [6, 6.07) is 37.6. The number of aromatic nitrogens is 5. The average Bonchev–Trinajstić information content (AvgIpc) is 3.68. The van der Waals surface area contributed by atoms with Crippen molar-refractivity contribution >= 4 is 21.8 Å². The summed E-state index contributed by atoms with van der Waals surface area (Å²) in [5.41, 5.74) is 10.3. The summed E-state index contributed by atoms with van der Waals surface area (Å²) in [6.45, 7) is 6.31. The Balaban J connectivity index is 1.25. The Labute approximate surface area is 285 Å². The molecule has 8 rings (SSSR count). The van der Waals surface area contributed by atoms with Crippen molar-refractivity contribution < 1.29 is 9.47 Å². The van der Waals surface area contributed by atoms with Crippen molar-refractivity contribution in [2.75, 3.05) is 7.11 Å². The lowest BCUT2D eigenvalue weighted by atomic mass is 10.0. The summed E-state index contributed by atoms with van der Waals surface area (Å²) in [6.07, 6.45) is 6.42. The van der Waals surface area contributed by atoms with Crippen molar-refractivity contribution in [3.05, 3.63) is 144 Å². The first-order chi connectivity index (χ1) is 24.0. The van der Waals surface area contributed by atoms with Crippen molar-refractivity contribution in [2.45, 2.75) is 27.2 Å². The number of hydrogen-bond acceptors (Lipinski definition) is 5. The van der Waals surface area contributed by atoms with Crippen molar-refractivity contribution in [1.82, 2.24) is 24.3 Å². The smallest absolute Gasteiger partial charge is 0.241 e. The van der Waals surface area contributed by atoms with Gasteiger partial charge in [0.2, 0.25) is 5.88 Å². The fraction of sp³-hybridized carbons (Fsp3) is 0.119. The van der Waals surface area contributed by atoms with Gasteiger partial charge < -0.3 is 9.47 Å². The molecule has 240 valence electrons. The van der Waals surface area contributed by atoms with Gasteiger partial charge in [-0.1, -0.05) is 55.0 Å². The number of nitrogens with zero attached hydrogens (tertiary/aromatic N) is 5. The second-order valence-electron chi connectivity index (χ2n) is 12.3. The molecule has 0 radical (unpaired) electrons. The average molecular weight is 642 g/mol. The molecule has 0 spiro atoms. The number of hydrogen-bond donors (Lipinski definition) is 0. The van der Waals surface area contributed by atoms with Crippen molar-refractivity contribution in [3.63, 3.8) is 0 Å². The Hall–Kier alpha value is -6.21. The van der Waals surface area contributed by atoms with Gasteiger partial charge in [0.05, 0.1) is 35.1 Å². The number of benzene rings is 4. The van der Waals surface area contributed by atoms with Gasteiger partial charge in [0.25, 0.3) is 0 Å². The van der Waals surface area contributed by atoms with E-state index in [1.807, 2.05) is 41.2 Å². The van der Waals surface area contributed by atoms with E-state index in [9.17, 15) is 0 Å². The Morgan fingerprint density at radius 3 is 2.27 bits per heavy atom. The van der Waals surface area contributed by atoms with Crippen LogP contribution in [0.2, 0.25) is 0 Å². The van der Waals surface area contributed by atoms with E-state index >= 15 is 0 Å². The van der Waals surface area contributed by atoms with Gasteiger partial charge in [-0.15, -0.1) is 5.10 Å². The van der Waals surface area contributed by atoms with Crippen LogP contribution in [0, 0.1) is 13.8 Å². The molecule has 0 fully saturated rings. The van der Waals surface area contributed by atoms with E-state index in [4.69, 9.17) is 19.6 Å². The van der Waals surface area contributed by atoms with Gasteiger partial charge in [0.15, 0.2) is 0 Å². The van der Waals surface area contributed by atoms with E-state index in [1.165, 1.54) is 16.5 Å². The van der Waals surface area contributed by atoms with Crippen LogP contribution in [-0.2, 0) is 6.42 Å². The summed E-state index contributed by atoms with van der Waals surface area (Å²) in [5, 5.41) is 7.31. The van der Waals surface area contributed by atoms with E-state index in [1.54, 1.807) is 19.5 Å². The number of pyridine rings is 2. The predicted molar refractivity (Wildman–Crippen MR) is 196 cm³/mol. The number of fused-ring (bicyclic) bond motifs is 3. The van der Waals surface area contributed by atoms with Crippen LogP contribution >= 0.6 is 0 Å². The molecule has 7 nitrogen and oxygen atoms in total. The second-order valence-corrected chi connectivity index (χ2v) is 12.3. The highest BCUT2D eigenvalue weighted by Crippen LogP contribution is 2.42. The van der Waals surface area contributed by atoms with Gasteiger partial charge in [0.1, 0.15) is 17.3 Å². The molecule has 4 heterocycles. The molecule has 0 aliphatic carbocycles. The third-order valence-electron chi connectivity index (χ3n) is 8.95. The third-order valence-corrected chi connectivity index (χ3v) is 8.95. The highest BCUT2D eigenvalue weighted by Gasteiger charge is 2.23. The van der Waals surface area contributed by atoms with E-state index in [-0.39, 0.29) is 0 Å². The number of aryl methyl sites for hydroxylation is 3. The summed E-state index contributed by atoms with van der Waals surface area (Å²) in [7, 11) is 1.66. The quantitative estimate of drug-likeness (QED) is 0.165. The topological polar surface area (TPSA) is 67.0 Å². The third kappa shape index (κ3) is 5.49. The fourth-order valence-electron chi connectivity index (χ4n) is 6.59. The lowest BCUT2D eigenvalue weighted by molar-refractivity contribution is 0.395. The molecule has 0 unspecified atom stereocenters. The van der Waals surface area contributed by atoms with Gasteiger partial charge in [0, 0.05) is 47.1 Å². The van der Waals surface area contributed by atoms with E-state index in [0.29, 0.717) is 11.6 Å². The van der Waals surface area contributed by atoms with Gasteiger partial charge in [-0.3, -0.25) is 9.55 Å². The predicted octanol–water partition coefficient (Wildman–Crippen LogP) is 10.1. The van der Waals surface area contributed by atoms with Crippen LogP contribution in [0.25, 0.3) is 55.7 Å². The number of ether oxygens (including phenoxy) is 2. The maximum Gasteiger partial charge on any atom is 0.241 e. The zero-order valence-corrected chi connectivity index (χ0v) is 27.9. The monoisotopic (exact) mass is 641 g/mol. The summed E-state index contributed by atoms with van der Waals surface area (Å²) >= 11 is 0. The van der Waals surface area contributed by atoms with Crippen LogP contribution < -0.4 is 9.47 Å². The molecular formula is C42H35N5O2. The van der Waals surface area contributed by atoms with E-state index < -0.39 is 0 Å². The largest absolute Gasteiger partial charge is 0.479 e. The maximum atomic E-state index is 6.65.